The van der Waals surface area contributed by atoms with E-state index in [1.165, 1.54) is 29.7 Å². The van der Waals surface area contributed by atoms with E-state index in [9.17, 15) is 4.79 Å². The first kappa shape index (κ1) is 17.8. The van der Waals surface area contributed by atoms with Gasteiger partial charge in [-0.3, -0.25) is 4.79 Å². The van der Waals surface area contributed by atoms with E-state index in [0.29, 0.717) is 17.1 Å². The van der Waals surface area contributed by atoms with Crippen molar-refractivity contribution in [2.75, 3.05) is 24.5 Å². The van der Waals surface area contributed by atoms with Gasteiger partial charge in [0.15, 0.2) is 0 Å². The minimum absolute atomic E-state index is 0.0521. The Kier molecular flexibility index (Phi) is 5.98. The molecule has 0 aromatic heterocycles. The highest BCUT2D eigenvalue weighted by Crippen LogP contribution is 2.28. The second kappa shape index (κ2) is 8.39. The van der Waals surface area contributed by atoms with Crippen molar-refractivity contribution in [3.05, 3.63) is 64.2 Å². The number of amides is 1. The summed E-state index contributed by atoms with van der Waals surface area (Å²) < 4.78 is 0. The number of benzene rings is 2. The molecule has 0 radical (unpaired) electrons. The quantitative estimate of drug-likeness (QED) is 0.827. The van der Waals surface area contributed by atoms with E-state index in [1.807, 2.05) is 0 Å². The number of hydrogen-bond donors (Lipinski definition) is 1. The summed E-state index contributed by atoms with van der Waals surface area (Å²) in [4.78, 5) is 14.6. The SMILES string of the molecule is CCCN1CCCc2cc(CCNC(=O)c3ccc(Cl)cc3)ccc21. The van der Waals surface area contributed by atoms with Gasteiger partial charge >= 0.3 is 0 Å². The van der Waals surface area contributed by atoms with Crippen LogP contribution in [-0.4, -0.2) is 25.5 Å². The maximum absolute atomic E-state index is 12.1. The zero-order valence-electron chi connectivity index (χ0n) is 14.7. The Morgan fingerprint density at radius 3 is 2.76 bits per heavy atom. The maximum atomic E-state index is 12.1. The van der Waals surface area contributed by atoms with Crippen LogP contribution < -0.4 is 10.2 Å². The summed E-state index contributed by atoms with van der Waals surface area (Å²) in [5, 5.41) is 3.63. The Hall–Kier alpha value is -2.00. The summed E-state index contributed by atoms with van der Waals surface area (Å²) in [7, 11) is 0. The van der Waals surface area contributed by atoms with Crippen LogP contribution in [0.15, 0.2) is 42.5 Å². The normalized spacial score (nSPS) is 13.4. The summed E-state index contributed by atoms with van der Waals surface area (Å²) in [6.45, 7) is 5.16. The molecule has 0 saturated heterocycles. The topological polar surface area (TPSA) is 32.3 Å². The fourth-order valence-electron chi connectivity index (χ4n) is 3.41. The highest BCUT2D eigenvalue weighted by atomic mass is 35.5. The molecule has 132 valence electrons. The van der Waals surface area contributed by atoms with Crippen LogP contribution in [0.1, 0.15) is 41.3 Å². The lowest BCUT2D eigenvalue weighted by Gasteiger charge is -2.31. The number of hydrogen-bond acceptors (Lipinski definition) is 2. The summed E-state index contributed by atoms with van der Waals surface area (Å²) in [5.41, 5.74) is 4.77. The molecule has 0 fully saturated rings. The summed E-state index contributed by atoms with van der Waals surface area (Å²) in [5.74, 6) is -0.0521. The average Bonchev–Trinajstić information content (AvgIpc) is 2.62. The lowest BCUT2D eigenvalue weighted by Crippen LogP contribution is -2.30. The Balaban J connectivity index is 1.57. The maximum Gasteiger partial charge on any atom is 0.251 e. The van der Waals surface area contributed by atoms with Crippen LogP contribution in [0.2, 0.25) is 5.02 Å². The van der Waals surface area contributed by atoms with Crippen molar-refractivity contribution < 1.29 is 4.79 Å². The van der Waals surface area contributed by atoms with Crippen LogP contribution in [0.5, 0.6) is 0 Å². The van der Waals surface area contributed by atoms with Crippen molar-refractivity contribution in [1.82, 2.24) is 5.32 Å². The van der Waals surface area contributed by atoms with E-state index < -0.39 is 0 Å². The van der Waals surface area contributed by atoms with Gasteiger partial charge in [-0.15, -0.1) is 0 Å². The minimum atomic E-state index is -0.0521. The van der Waals surface area contributed by atoms with Crippen LogP contribution in [0, 0.1) is 0 Å². The zero-order chi connectivity index (χ0) is 17.6. The first-order valence-corrected chi connectivity index (χ1v) is 9.45. The van der Waals surface area contributed by atoms with Crippen LogP contribution >= 0.6 is 11.6 Å². The molecule has 3 rings (SSSR count). The van der Waals surface area contributed by atoms with Gasteiger partial charge in [0.1, 0.15) is 0 Å². The zero-order valence-corrected chi connectivity index (χ0v) is 15.5. The van der Waals surface area contributed by atoms with Gasteiger partial charge in [0.2, 0.25) is 0 Å². The van der Waals surface area contributed by atoms with Gasteiger partial charge < -0.3 is 10.2 Å². The molecule has 0 atom stereocenters. The third kappa shape index (κ3) is 4.55. The van der Waals surface area contributed by atoms with Crippen molar-refractivity contribution in [2.45, 2.75) is 32.6 Å². The molecule has 1 heterocycles. The van der Waals surface area contributed by atoms with Crippen molar-refractivity contribution in [3.8, 4) is 0 Å². The molecule has 0 aliphatic carbocycles. The Labute approximate surface area is 155 Å². The molecule has 1 aliphatic rings. The molecule has 1 N–H and O–H groups in total. The fraction of sp³-hybridized carbons (Fsp3) is 0.381. The third-order valence-electron chi connectivity index (χ3n) is 4.66. The predicted octanol–water partition coefficient (Wildman–Crippen LogP) is 4.48. The molecule has 3 nitrogen and oxygen atoms in total. The van der Waals surface area contributed by atoms with Gasteiger partial charge in [-0.05, 0) is 67.1 Å². The Morgan fingerprint density at radius 2 is 2.00 bits per heavy atom. The second-order valence-electron chi connectivity index (χ2n) is 6.57. The second-order valence-corrected chi connectivity index (χ2v) is 7.00. The number of nitrogens with zero attached hydrogens (tertiary/aromatic N) is 1. The molecule has 4 heteroatoms. The van der Waals surface area contributed by atoms with Gasteiger partial charge in [-0.25, -0.2) is 0 Å². The molecule has 2 aromatic carbocycles. The van der Waals surface area contributed by atoms with Gasteiger partial charge in [0.25, 0.3) is 5.91 Å². The first-order valence-electron chi connectivity index (χ1n) is 9.08. The van der Waals surface area contributed by atoms with E-state index in [2.05, 4.69) is 35.3 Å². The highest BCUT2D eigenvalue weighted by Gasteiger charge is 2.16. The van der Waals surface area contributed by atoms with Gasteiger partial charge in [-0.2, -0.15) is 0 Å². The number of aryl methyl sites for hydroxylation is 1. The number of rotatable bonds is 6. The monoisotopic (exact) mass is 356 g/mol. The van der Waals surface area contributed by atoms with Crippen molar-refractivity contribution in [1.29, 1.82) is 0 Å². The van der Waals surface area contributed by atoms with E-state index in [-0.39, 0.29) is 5.91 Å². The predicted molar refractivity (Wildman–Crippen MR) is 105 cm³/mol. The van der Waals surface area contributed by atoms with Crippen LogP contribution in [-0.2, 0) is 12.8 Å². The number of carbonyl (C=O) groups is 1. The van der Waals surface area contributed by atoms with E-state index in [4.69, 9.17) is 11.6 Å². The van der Waals surface area contributed by atoms with Gasteiger partial charge in [0.05, 0.1) is 0 Å². The highest BCUT2D eigenvalue weighted by molar-refractivity contribution is 6.30. The van der Waals surface area contributed by atoms with Gasteiger partial charge in [-0.1, -0.05) is 30.7 Å². The summed E-state index contributed by atoms with van der Waals surface area (Å²) in [6, 6.07) is 13.7. The van der Waals surface area contributed by atoms with Crippen LogP contribution in [0.4, 0.5) is 5.69 Å². The molecule has 1 aliphatic heterocycles. The van der Waals surface area contributed by atoms with Crippen molar-refractivity contribution in [2.24, 2.45) is 0 Å². The molecular weight excluding hydrogens is 332 g/mol. The standard InChI is InChI=1S/C21H25ClN2O/c1-2-13-24-14-3-4-18-15-16(5-10-20(18)24)11-12-23-21(25)17-6-8-19(22)9-7-17/h5-10,15H,2-4,11-14H2,1H3,(H,23,25). The molecule has 25 heavy (non-hydrogen) atoms. The van der Waals surface area contributed by atoms with E-state index in [1.54, 1.807) is 24.3 Å². The summed E-state index contributed by atoms with van der Waals surface area (Å²) in [6.07, 6.45) is 4.41. The minimum Gasteiger partial charge on any atom is -0.371 e. The molecule has 0 bridgehead atoms. The van der Waals surface area contributed by atoms with Crippen molar-refractivity contribution >= 4 is 23.2 Å². The molecule has 0 saturated carbocycles. The van der Waals surface area contributed by atoms with Crippen LogP contribution in [0.3, 0.4) is 0 Å². The van der Waals surface area contributed by atoms with Gasteiger partial charge in [0, 0.05) is 35.9 Å². The lowest BCUT2D eigenvalue weighted by molar-refractivity contribution is 0.0954. The number of nitrogens with one attached hydrogen (secondary N) is 1. The molecular formula is C21H25ClN2O. The number of anilines is 1. The largest absolute Gasteiger partial charge is 0.371 e. The smallest absolute Gasteiger partial charge is 0.251 e. The molecule has 0 unspecified atom stereocenters. The Bertz CT molecular complexity index is 727. The average molecular weight is 357 g/mol. The molecule has 0 spiro atoms. The first-order chi connectivity index (χ1) is 12.2. The number of halogens is 1. The number of fused-ring (bicyclic) bond motifs is 1. The Morgan fingerprint density at radius 1 is 1.20 bits per heavy atom. The van der Waals surface area contributed by atoms with E-state index in [0.717, 1.165) is 25.9 Å². The number of carbonyl (C=O) groups excluding carboxylic acids is 1. The lowest BCUT2D eigenvalue weighted by atomic mass is 9.98. The van der Waals surface area contributed by atoms with Crippen molar-refractivity contribution in [3.63, 3.8) is 0 Å². The summed E-state index contributed by atoms with van der Waals surface area (Å²) >= 11 is 5.85. The fourth-order valence-corrected chi connectivity index (χ4v) is 3.54. The molecule has 1 amide bonds. The molecule has 2 aromatic rings. The van der Waals surface area contributed by atoms with E-state index >= 15 is 0 Å². The third-order valence-corrected chi connectivity index (χ3v) is 4.91. The van der Waals surface area contributed by atoms with Crippen LogP contribution in [0.25, 0.3) is 0 Å².